The summed E-state index contributed by atoms with van der Waals surface area (Å²) in [6.45, 7) is 1.20. The molecule has 4 nitrogen and oxygen atoms in total. The Morgan fingerprint density at radius 1 is 1.10 bits per heavy atom. The number of rotatable bonds is 6. The molecule has 5 aliphatic rings. The molecule has 30 heavy (non-hydrogen) atoms. The minimum absolute atomic E-state index is 0.111. The minimum Gasteiger partial charge on any atom is -0.355 e. The van der Waals surface area contributed by atoms with Crippen LogP contribution in [0.5, 0.6) is 0 Å². The first-order valence-electron chi connectivity index (χ1n) is 11.8. The van der Waals surface area contributed by atoms with Crippen LogP contribution in [0.15, 0.2) is 24.3 Å². The van der Waals surface area contributed by atoms with Gasteiger partial charge < -0.3 is 10.2 Å². The first kappa shape index (κ1) is 20.0. The van der Waals surface area contributed by atoms with E-state index in [2.05, 4.69) is 5.32 Å². The van der Waals surface area contributed by atoms with Gasteiger partial charge in [0.1, 0.15) is 5.82 Å². The Morgan fingerprint density at radius 2 is 1.80 bits per heavy atom. The first-order valence-corrected chi connectivity index (χ1v) is 11.8. The van der Waals surface area contributed by atoms with Crippen LogP contribution in [-0.4, -0.2) is 35.8 Å². The molecule has 1 atom stereocenters. The van der Waals surface area contributed by atoms with Gasteiger partial charge in [-0.25, -0.2) is 4.39 Å². The number of nitrogens with one attached hydrogen (secondary N) is 1. The number of carbonyl (C=O) groups is 2. The fourth-order valence-electron chi connectivity index (χ4n) is 7.32. The summed E-state index contributed by atoms with van der Waals surface area (Å²) in [5, 5.41) is 3.13. The third kappa shape index (κ3) is 3.88. The molecule has 4 aliphatic carbocycles. The molecule has 0 radical (unpaired) electrons. The van der Waals surface area contributed by atoms with Crippen molar-refractivity contribution < 1.29 is 14.0 Å². The quantitative estimate of drug-likeness (QED) is 0.765. The van der Waals surface area contributed by atoms with Crippen LogP contribution >= 0.6 is 0 Å². The second kappa shape index (κ2) is 7.97. The maximum Gasteiger partial charge on any atom is 0.226 e. The average molecular weight is 413 g/mol. The van der Waals surface area contributed by atoms with Crippen LogP contribution in [0.2, 0.25) is 0 Å². The van der Waals surface area contributed by atoms with E-state index in [1.807, 2.05) is 11.0 Å². The van der Waals surface area contributed by atoms with Gasteiger partial charge in [0, 0.05) is 31.0 Å². The van der Waals surface area contributed by atoms with Crippen molar-refractivity contribution in [2.24, 2.45) is 23.2 Å². The van der Waals surface area contributed by atoms with E-state index in [9.17, 15) is 14.0 Å². The largest absolute Gasteiger partial charge is 0.355 e. The number of carbonyl (C=O) groups excluding carboxylic acids is 2. The Kier molecular flexibility index (Phi) is 5.32. The number of likely N-dealkylation sites (tertiary alicyclic amines) is 1. The maximum absolute atomic E-state index is 13.5. The molecule has 6 rings (SSSR count). The zero-order valence-corrected chi connectivity index (χ0v) is 17.7. The number of nitrogens with zero attached hydrogens (tertiary/aromatic N) is 1. The highest BCUT2D eigenvalue weighted by atomic mass is 19.1. The normalized spacial score (nSPS) is 34.4. The Morgan fingerprint density at radius 3 is 2.47 bits per heavy atom. The number of amides is 2. The lowest BCUT2D eigenvalue weighted by Crippen LogP contribution is -2.53. The van der Waals surface area contributed by atoms with E-state index in [1.165, 1.54) is 25.3 Å². The minimum atomic E-state index is -0.226. The van der Waals surface area contributed by atoms with E-state index in [-0.39, 0.29) is 29.1 Å². The summed E-state index contributed by atoms with van der Waals surface area (Å²) >= 11 is 0. The molecular formula is C25H33FN2O2. The molecule has 1 unspecified atom stereocenters. The molecule has 162 valence electrons. The summed E-state index contributed by atoms with van der Waals surface area (Å²) in [6, 6.07) is 6.81. The van der Waals surface area contributed by atoms with Gasteiger partial charge in [0.25, 0.3) is 0 Å². The van der Waals surface area contributed by atoms with Crippen LogP contribution in [0.3, 0.4) is 0 Å². The molecule has 5 fully saturated rings. The third-order valence-electron chi connectivity index (χ3n) is 8.20. The van der Waals surface area contributed by atoms with Crippen LogP contribution in [0.1, 0.15) is 63.4 Å². The van der Waals surface area contributed by atoms with Crippen LogP contribution in [0, 0.1) is 29.0 Å². The van der Waals surface area contributed by atoms with Crippen molar-refractivity contribution in [3.63, 3.8) is 0 Å². The molecule has 1 aromatic carbocycles. The molecule has 1 saturated heterocycles. The summed E-state index contributed by atoms with van der Waals surface area (Å²) in [6.07, 6.45) is 10.2. The summed E-state index contributed by atoms with van der Waals surface area (Å²) in [5.74, 6) is 2.33. The zero-order valence-electron chi connectivity index (χ0n) is 17.7. The second-order valence-electron chi connectivity index (χ2n) is 10.4. The van der Waals surface area contributed by atoms with Crippen LogP contribution < -0.4 is 5.32 Å². The molecule has 0 aromatic heterocycles. The Hall–Kier alpha value is -1.91. The van der Waals surface area contributed by atoms with Gasteiger partial charge in [0.15, 0.2) is 0 Å². The predicted molar refractivity (Wildman–Crippen MR) is 113 cm³/mol. The van der Waals surface area contributed by atoms with Gasteiger partial charge in [-0.1, -0.05) is 12.1 Å². The molecular weight excluding hydrogens is 379 g/mol. The van der Waals surface area contributed by atoms with Crippen molar-refractivity contribution >= 4 is 11.8 Å². The SMILES string of the molecule is O=C(CCNC(=O)C12CC3CC(CC(C3)C1)C2)N1CCCC1Cc1cccc(F)c1. The lowest BCUT2D eigenvalue weighted by Gasteiger charge is -2.55. The average Bonchev–Trinajstić information content (AvgIpc) is 3.15. The van der Waals surface area contributed by atoms with E-state index >= 15 is 0 Å². The molecule has 0 spiro atoms. The Balaban J connectivity index is 1.13. The lowest BCUT2D eigenvalue weighted by molar-refractivity contribution is -0.146. The summed E-state index contributed by atoms with van der Waals surface area (Å²) in [7, 11) is 0. The first-order chi connectivity index (χ1) is 14.5. The van der Waals surface area contributed by atoms with Crippen molar-refractivity contribution in [2.75, 3.05) is 13.1 Å². The van der Waals surface area contributed by atoms with Crippen molar-refractivity contribution in [3.8, 4) is 0 Å². The van der Waals surface area contributed by atoms with Gasteiger partial charge in [-0.05, 0) is 93.2 Å². The smallest absolute Gasteiger partial charge is 0.226 e. The molecule has 4 bridgehead atoms. The van der Waals surface area contributed by atoms with Crippen molar-refractivity contribution in [3.05, 3.63) is 35.6 Å². The van der Waals surface area contributed by atoms with E-state index in [0.717, 1.165) is 62.0 Å². The van der Waals surface area contributed by atoms with E-state index < -0.39 is 0 Å². The molecule has 4 saturated carbocycles. The van der Waals surface area contributed by atoms with Crippen molar-refractivity contribution in [2.45, 2.75) is 70.3 Å². The van der Waals surface area contributed by atoms with E-state index in [1.54, 1.807) is 12.1 Å². The van der Waals surface area contributed by atoms with Gasteiger partial charge in [-0.3, -0.25) is 9.59 Å². The van der Waals surface area contributed by atoms with Gasteiger partial charge >= 0.3 is 0 Å². The van der Waals surface area contributed by atoms with Crippen LogP contribution in [0.4, 0.5) is 4.39 Å². The number of hydrogen-bond donors (Lipinski definition) is 1. The molecule has 1 N–H and O–H groups in total. The number of benzene rings is 1. The van der Waals surface area contributed by atoms with Gasteiger partial charge in [0.05, 0.1) is 0 Å². The zero-order chi connectivity index (χ0) is 20.7. The van der Waals surface area contributed by atoms with Crippen molar-refractivity contribution in [1.29, 1.82) is 0 Å². The highest BCUT2D eigenvalue weighted by molar-refractivity contribution is 5.84. The number of halogens is 1. The van der Waals surface area contributed by atoms with E-state index in [0.29, 0.717) is 19.4 Å². The Labute approximate surface area is 178 Å². The predicted octanol–water partition coefficient (Wildman–Crippen LogP) is 4.08. The second-order valence-corrected chi connectivity index (χ2v) is 10.4. The molecule has 1 aromatic rings. The fraction of sp³-hybridized carbons (Fsp3) is 0.680. The third-order valence-corrected chi connectivity index (χ3v) is 8.20. The highest BCUT2D eigenvalue weighted by Crippen LogP contribution is 2.60. The fourth-order valence-corrected chi connectivity index (χ4v) is 7.32. The molecule has 5 heteroatoms. The summed E-state index contributed by atoms with van der Waals surface area (Å²) < 4.78 is 13.5. The molecule has 2 amide bonds. The summed E-state index contributed by atoms with van der Waals surface area (Å²) in [4.78, 5) is 27.9. The van der Waals surface area contributed by atoms with Crippen LogP contribution in [-0.2, 0) is 16.0 Å². The topological polar surface area (TPSA) is 49.4 Å². The summed E-state index contributed by atoms with van der Waals surface area (Å²) in [5.41, 5.74) is 0.792. The number of hydrogen-bond acceptors (Lipinski definition) is 2. The molecule has 1 aliphatic heterocycles. The lowest BCUT2D eigenvalue weighted by atomic mass is 9.49. The van der Waals surface area contributed by atoms with Gasteiger partial charge in [-0.2, -0.15) is 0 Å². The van der Waals surface area contributed by atoms with Crippen LogP contribution in [0.25, 0.3) is 0 Å². The highest BCUT2D eigenvalue weighted by Gasteiger charge is 2.54. The van der Waals surface area contributed by atoms with Crippen molar-refractivity contribution in [1.82, 2.24) is 10.2 Å². The monoisotopic (exact) mass is 412 g/mol. The maximum atomic E-state index is 13.5. The van der Waals surface area contributed by atoms with Gasteiger partial charge in [-0.15, -0.1) is 0 Å². The Bertz CT molecular complexity index is 788. The van der Waals surface area contributed by atoms with Gasteiger partial charge in [0.2, 0.25) is 11.8 Å². The standard InChI is InChI=1S/C25H33FN2O2/c26-21-4-1-3-17(12-21)13-22-5-2-8-28(22)23(29)6-7-27-24(30)25-14-18-9-19(15-25)11-20(10-18)16-25/h1,3-4,12,18-20,22H,2,5-11,13-16H2,(H,27,30). The van der Waals surface area contributed by atoms with E-state index in [4.69, 9.17) is 0 Å². The molecule has 1 heterocycles.